The Hall–Kier alpha value is -1.31. The summed E-state index contributed by atoms with van der Waals surface area (Å²) >= 11 is 0. The molecule has 2 heteroatoms. The lowest BCUT2D eigenvalue weighted by molar-refractivity contribution is -0.120. The Morgan fingerprint density at radius 2 is 1.93 bits per heavy atom. The number of rotatable bonds is 5. The van der Waals surface area contributed by atoms with Gasteiger partial charge in [-0.3, -0.25) is 4.79 Å². The van der Waals surface area contributed by atoms with Crippen LogP contribution in [0.2, 0.25) is 0 Å². The van der Waals surface area contributed by atoms with Gasteiger partial charge in [-0.1, -0.05) is 19.1 Å². The van der Waals surface area contributed by atoms with E-state index >= 15 is 0 Å². The number of Topliss-reactive ketones (excluding diaryl/α,β-unsaturated/α-hetero) is 1. The van der Waals surface area contributed by atoms with Crippen LogP contribution in [-0.4, -0.2) is 12.9 Å². The molecule has 0 spiro atoms. The van der Waals surface area contributed by atoms with Gasteiger partial charge in [0.25, 0.3) is 0 Å². The van der Waals surface area contributed by atoms with Crippen molar-refractivity contribution in [1.29, 1.82) is 0 Å². The lowest BCUT2D eigenvalue weighted by Gasteiger charge is -2.11. The van der Waals surface area contributed by atoms with Crippen LogP contribution in [0.1, 0.15) is 25.8 Å². The molecule has 0 amide bonds. The first-order valence-corrected chi connectivity index (χ1v) is 5.30. The summed E-state index contributed by atoms with van der Waals surface area (Å²) in [5.41, 5.74) is 1.19. The maximum Gasteiger partial charge on any atom is 0.133 e. The molecule has 0 aliphatic carbocycles. The summed E-state index contributed by atoms with van der Waals surface area (Å²) in [6.45, 7) is 3.72. The fourth-order valence-electron chi connectivity index (χ4n) is 1.62. The fraction of sp³-hybridized carbons (Fsp3) is 0.462. The SMILES string of the molecule is CC[C@H](Cc1ccc(OC)cc1)C(C)=O. The minimum atomic E-state index is 0.151. The third-order valence-corrected chi connectivity index (χ3v) is 2.71. The molecule has 0 fully saturated rings. The molecule has 0 heterocycles. The molecular weight excluding hydrogens is 188 g/mol. The maximum absolute atomic E-state index is 11.3. The number of methoxy groups -OCH3 is 1. The summed E-state index contributed by atoms with van der Waals surface area (Å²) in [7, 11) is 1.65. The minimum Gasteiger partial charge on any atom is -0.497 e. The molecular formula is C13H18O2. The molecule has 0 bridgehead atoms. The number of carbonyl (C=O) groups is 1. The molecule has 15 heavy (non-hydrogen) atoms. The van der Waals surface area contributed by atoms with Crippen molar-refractivity contribution in [2.75, 3.05) is 7.11 Å². The molecule has 82 valence electrons. The Morgan fingerprint density at radius 1 is 1.33 bits per heavy atom. The van der Waals surface area contributed by atoms with E-state index in [4.69, 9.17) is 4.74 Å². The Balaban J connectivity index is 2.67. The van der Waals surface area contributed by atoms with Crippen molar-refractivity contribution in [2.24, 2.45) is 5.92 Å². The van der Waals surface area contributed by atoms with Crippen molar-refractivity contribution < 1.29 is 9.53 Å². The van der Waals surface area contributed by atoms with E-state index in [9.17, 15) is 4.79 Å². The topological polar surface area (TPSA) is 26.3 Å². The first-order chi connectivity index (χ1) is 7.17. The zero-order valence-electron chi connectivity index (χ0n) is 9.62. The molecule has 0 unspecified atom stereocenters. The molecule has 0 aliphatic heterocycles. The summed E-state index contributed by atoms with van der Waals surface area (Å²) in [6.07, 6.45) is 1.73. The van der Waals surface area contributed by atoms with E-state index in [1.54, 1.807) is 14.0 Å². The van der Waals surface area contributed by atoms with Gasteiger partial charge >= 0.3 is 0 Å². The van der Waals surface area contributed by atoms with Gasteiger partial charge in [-0.15, -0.1) is 0 Å². The molecule has 0 aromatic heterocycles. The molecule has 0 radical (unpaired) electrons. The standard InChI is InChI=1S/C13H18O2/c1-4-12(10(2)14)9-11-5-7-13(15-3)8-6-11/h5-8,12H,4,9H2,1-3H3/t12-/m1/s1. The van der Waals surface area contributed by atoms with Gasteiger partial charge in [-0.2, -0.15) is 0 Å². The van der Waals surface area contributed by atoms with Crippen LogP contribution in [0.15, 0.2) is 24.3 Å². The summed E-state index contributed by atoms with van der Waals surface area (Å²) in [6, 6.07) is 7.90. The van der Waals surface area contributed by atoms with E-state index in [-0.39, 0.29) is 11.7 Å². The van der Waals surface area contributed by atoms with Gasteiger partial charge in [-0.25, -0.2) is 0 Å². The average Bonchev–Trinajstić information content (AvgIpc) is 2.26. The number of hydrogen-bond acceptors (Lipinski definition) is 2. The second kappa shape index (κ2) is 5.54. The van der Waals surface area contributed by atoms with Crippen LogP contribution >= 0.6 is 0 Å². The minimum absolute atomic E-state index is 0.151. The van der Waals surface area contributed by atoms with Gasteiger partial charge in [0.2, 0.25) is 0 Å². The lowest BCUT2D eigenvalue weighted by Crippen LogP contribution is -2.12. The van der Waals surface area contributed by atoms with Crippen molar-refractivity contribution in [3.63, 3.8) is 0 Å². The lowest BCUT2D eigenvalue weighted by atomic mass is 9.94. The zero-order valence-corrected chi connectivity index (χ0v) is 9.62. The second-order valence-electron chi connectivity index (χ2n) is 3.77. The third-order valence-electron chi connectivity index (χ3n) is 2.71. The van der Waals surface area contributed by atoms with E-state index in [0.29, 0.717) is 0 Å². The Labute approximate surface area is 91.3 Å². The maximum atomic E-state index is 11.3. The Kier molecular flexibility index (Phi) is 4.35. The number of ketones is 1. The van der Waals surface area contributed by atoms with E-state index in [0.717, 1.165) is 18.6 Å². The highest BCUT2D eigenvalue weighted by Crippen LogP contribution is 2.16. The smallest absolute Gasteiger partial charge is 0.133 e. The summed E-state index contributed by atoms with van der Waals surface area (Å²) < 4.78 is 5.08. The number of carbonyl (C=O) groups excluding carboxylic acids is 1. The highest BCUT2D eigenvalue weighted by molar-refractivity contribution is 5.78. The van der Waals surface area contributed by atoms with Crippen molar-refractivity contribution >= 4 is 5.78 Å². The monoisotopic (exact) mass is 206 g/mol. The van der Waals surface area contributed by atoms with E-state index in [2.05, 4.69) is 6.92 Å². The van der Waals surface area contributed by atoms with Gasteiger partial charge in [0.05, 0.1) is 7.11 Å². The number of benzene rings is 1. The van der Waals surface area contributed by atoms with Crippen molar-refractivity contribution in [3.05, 3.63) is 29.8 Å². The molecule has 0 aliphatic rings. The first-order valence-electron chi connectivity index (χ1n) is 5.30. The summed E-state index contributed by atoms with van der Waals surface area (Å²) in [5, 5.41) is 0. The van der Waals surface area contributed by atoms with E-state index < -0.39 is 0 Å². The largest absolute Gasteiger partial charge is 0.497 e. The fourth-order valence-corrected chi connectivity index (χ4v) is 1.62. The summed E-state index contributed by atoms with van der Waals surface area (Å²) in [5.74, 6) is 1.28. The third kappa shape index (κ3) is 3.39. The molecule has 0 N–H and O–H groups in total. The first kappa shape index (κ1) is 11.8. The molecule has 2 nitrogen and oxygen atoms in total. The number of hydrogen-bond donors (Lipinski definition) is 0. The predicted octanol–water partition coefficient (Wildman–Crippen LogP) is 2.85. The highest BCUT2D eigenvalue weighted by Gasteiger charge is 2.12. The average molecular weight is 206 g/mol. The van der Waals surface area contributed by atoms with Crippen LogP contribution in [0.5, 0.6) is 5.75 Å². The highest BCUT2D eigenvalue weighted by atomic mass is 16.5. The molecule has 0 saturated carbocycles. The summed E-state index contributed by atoms with van der Waals surface area (Å²) in [4.78, 5) is 11.3. The van der Waals surface area contributed by atoms with Crippen LogP contribution < -0.4 is 4.74 Å². The van der Waals surface area contributed by atoms with Gasteiger partial charge in [0.15, 0.2) is 0 Å². The van der Waals surface area contributed by atoms with Gasteiger partial charge in [0.1, 0.15) is 11.5 Å². The van der Waals surface area contributed by atoms with Gasteiger partial charge in [-0.05, 0) is 37.5 Å². The van der Waals surface area contributed by atoms with Gasteiger partial charge < -0.3 is 4.74 Å². The molecule has 0 saturated heterocycles. The van der Waals surface area contributed by atoms with Crippen LogP contribution in [-0.2, 0) is 11.2 Å². The molecule has 1 rings (SSSR count). The quantitative estimate of drug-likeness (QED) is 0.740. The Morgan fingerprint density at radius 3 is 2.33 bits per heavy atom. The zero-order chi connectivity index (χ0) is 11.3. The van der Waals surface area contributed by atoms with Crippen LogP contribution in [0.25, 0.3) is 0 Å². The van der Waals surface area contributed by atoms with Crippen molar-refractivity contribution in [3.8, 4) is 5.75 Å². The van der Waals surface area contributed by atoms with Crippen LogP contribution in [0.3, 0.4) is 0 Å². The van der Waals surface area contributed by atoms with E-state index in [1.165, 1.54) is 5.56 Å². The number of ether oxygens (including phenoxy) is 1. The predicted molar refractivity (Wildman–Crippen MR) is 61.2 cm³/mol. The second-order valence-corrected chi connectivity index (χ2v) is 3.77. The van der Waals surface area contributed by atoms with Gasteiger partial charge in [0, 0.05) is 5.92 Å². The molecule has 1 atom stereocenters. The van der Waals surface area contributed by atoms with Crippen molar-refractivity contribution in [2.45, 2.75) is 26.7 Å². The van der Waals surface area contributed by atoms with E-state index in [1.807, 2.05) is 24.3 Å². The van der Waals surface area contributed by atoms with Crippen LogP contribution in [0.4, 0.5) is 0 Å². The molecule has 1 aromatic carbocycles. The van der Waals surface area contributed by atoms with Crippen molar-refractivity contribution in [1.82, 2.24) is 0 Å². The normalized spacial score (nSPS) is 12.2. The molecule has 1 aromatic rings. The Bertz CT molecular complexity index is 314. The van der Waals surface area contributed by atoms with Crippen LogP contribution in [0, 0.1) is 5.92 Å².